The second kappa shape index (κ2) is 7.44. The molecule has 0 saturated heterocycles. The number of aromatic nitrogens is 1. The summed E-state index contributed by atoms with van der Waals surface area (Å²) < 4.78 is 5.17. The number of nitrogens with one attached hydrogen (secondary N) is 1. The van der Waals surface area contributed by atoms with Gasteiger partial charge in [-0.25, -0.2) is 4.79 Å². The minimum Gasteiger partial charge on any atom is -0.618 e. The predicted octanol–water partition coefficient (Wildman–Crippen LogP) is 2.43. The first-order chi connectivity index (χ1) is 13.3. The third-order valence-electron chi connectivity index (χ3n) is 4.61. The number of esters is 1. The Balaban J connectivity index is 2.03. The number of ketones is 2. The molecule has 2 aromatic rings. The fourth-order valence-electron chi connectivity index (χ4n) is 3.15. The van der Waals surface area contributed by atoms with Crippen LogP contribution in [0.3, 0.4) is 0 Å². The zero-order valence-corrected chi connectivity index (χ0v) is 16.2. The molecular formula is C20H17ClN2O5. The number of rotatable bonds is 4. The molecule has 1 aliphatic rings. The van der Waals surface area contributed by atoms with E-state index in [1.165, 1.54) is 13.8 Å². The largest absolute Gasteiger partial charge is 0.618 e. The molecule has 8 heteroatoms. The molecule has 3 rings (SSSR count). The summed E-state index contributed by atoms with van der Waals surface area (Å²) in [6, 6.07) is 7.00. The summed E-state index contributed by atoms with van der Waals surface area (Å²) in [6.45, 7) is 3.12. The zero-order valence-electron chi connectivity index (χ0n) is 15.5. The van der Waals surface area contributed by atoms with Crippen molar-refractivity contribution in [2.24, 2.45) is 0 Å². The second-order valence-electron chi connectivity index (χ2n) is 6.31. The molecule has 0 atom stereocenters. The van der Waals surface area contributed by atoms with Crippen molar-refractivity contribution in [3.05, 3.63) is 79.9 Å². The van der Waals surface area contributed by atoms with Crippen LogP contribution >= 0.6 is 11.6 Å². The Labute approximate surface area is 166 Å². The predicted molar refractivity (Wildman–Crippen MR) is 101 cm³/mol. The summed E-state index contributed by atoms with van der Waals surface area (Å²) >= 11 is 5.86. The van der Waals surface area contributed by atoms with Gasteiger partial charge in [0.05, 0.1) is 18.4 Å². The number of Topliss-reactive ketones (excluding diaryl/α,β-unsaturated/α-hetero) is 1. The van der Waals surface area contributed by atoms with Crippen LogP contribution < -0.4 is 10.0 Å². The van der Waals surface area contributed by atoms with Crippen LogP contribution in [0.2, 0.25) is 5.02 Å². The Hall–Kier alpha value is -3.19. The average molecular weight is 401 g/mol. The maximum absolute atomic E-state index is 13.0. The molecular weight excluding hydrogens is 384 g/mol. The first kappa shape index (κ1) is 19.6. The SMILES string of the molecule is COC(=O)c1c2c(c(C)[n+]([O-])c1C)C(=O)C(NCc1ccc(Cl)cc1)=CC2=O. The van der Waals surface area contributed by atoms with Crippen molar-refractivity contribution in [3.8, 4) is 0 Å². The Morgan fingerprint density at radius 2 is 1.79 bits per heavy atom. The van der Waals surface area contributed by atoms with E-state index in [0.717, 1.165) is 18.7 Å². The van der Waals surface area contributed by atoms with Gasteiger partial charge >= 0.3 is 5.97 Å². The summed E-state index contributed by atoms with van der Waals surface area (Å²) in [5, 5.41) is 16.0. The molecule has 0 amide bonds. The lowest BCUT2D eigenvalue weighted by molar-refractivity contribution is -0.619. The smallest absolute Gasteiger partial charge is 0.345 e. The van der Waals surface area contributed by atoms with Gasteiger partial charge in [-0.3, -0.25) is 9.59 Å². The van der Waals surface area contributed by atoms with Crippen LogP contribution in [0.5, 0.6) is 0 Å². The van der Waals surface area contributed by atoms with Gasteiger partial charge in [0.2, 0.25) is 17.2 Å². The van der Waals surface area contributed by atoms with Crippen LogP contribution in [0.1, 0.15) is 48.0 Å². The number of methoxy groups -OCH3 is 1. The summed E-state index contributed by atoms with van der Waals surface area (Å²) in [5.41, 5.74) is 0.585. The Kier molecular flexibility index (Phi) is 5.20. The minimum absolute atomic E-state index is 0.00947. The highest BCUT2D eigenvalue weighted by Gasteiger charge is 2.38. The number of fused-ring (bicyclic) bond motifs is 1. The number of nitrogens with zero attached hydrogens (tertiary/aromatic N) is 1. The Morgan fingerprint density at radius 3 is 2.39 bits per heavy atom. The summed E-state index contributed by atoms with van der Waals surface area (Å²) in [7, 11) is 1.15. The maximum Gasteiger partial charge on any atom is 0.345 e. The van der Waals surface area contributed by atoms with Crippen LogP contribution in [-0.4, -0.2) is 24.6 Å². The molecule has 0 spiro atoms. The monoisotopic (exact) mass is 400 g/mol. The number of hydrogen-bond donors (Lipinski definition) is 1. The van der Waals surface area contributed by atoms with Crippen LogP contribution in [-0.2, 0) is 11.3 Å². The number of hydrogen-bond acceptors (Lipinski definition) is 6. The number of carbonyl (C=O) groups is 3. The number of halogens is 1. The first-order valence-electron chi connectivity index (χ1n) is 8.40. The highest BCUT2D eigenvalue weighted by atomic mass is 35.5. The normalized spacial score (nSPS) is 13.1. The van der Waals surface area contributed by atoms with Gasteiger partial charge in [-0.1, -0.05) is 23.7 Å². The highest BCUT2D eigenvalue weighted by molar-refractivity contribution is 6.30. The van der Waals surface area contributed by atoms with E-state index in [1.807, 2.05) is 0 Å². The van der Waals surface area contributed by atoms with Gasteiger partial charge in [0.25, 0.3) is 0 Å². The minimum atomic E-state index is -0.842. The van der Waals surface area contributed by atoms with E-state index in [2.05, 4.69) is 5.32 Å². The molecule has 0 bridgehead atoms. The first-order valence-corrected chi connectivity index (χ1v) is 8.78. The second-order valence-corrected chi connectivity index (χ2v) is 6.75. The molecule has 144 valence electrons. The molecule has 1 aliphatic carbocycles. The topological polar surface area (TPSA) is 99.4 Å². The van der Waals surface area contributed by atoms with Crippen molar-refractivity contribution in [2.75, 3.05) is 7.11 Å². The van der Waals surface area contributed by atoms with Gasteiger partial charge in [-0.05, 0) is 17.7 Å². The maximum atomic E-state index is 13.0. The molecule has 0 saturated carbocycles. The molecule has 1 heterocycles. The van der Waals surface area contributed by atoms with E-state index in [-0.39, 0.29) is 40.3 Å². The van der Waals surface area contributed by atoms with Gasteiger partial charge in [-0.2, -0.15) is 4.73 Å². The number of ether oxygens (including phenoxy) is 1. The Bertz CT molecular complexity index is 1040. The van der Waals surface area contributed by atoms with E-state index >= 15 is 0 Å². The lowest BCUT2D eigenvalue weighted by Gasteiger charge is -2.21. The van der Waals surface area contributed by atoms with E-state index in [1.54, 1.807) is 24.3 Å². The fraction of sp³-hybridized carbons (Fsp3) is 0.200. The third kappa shape index (κ3) is 3.25. The van der Waals surface area contributed by atoms with Gasteiger partial charge in [0.1, 0.15) is 11.1 Å². The summed E-state index contributed by atoms with van der Waals surface area (Å²) in [5.74, 6) is -1.92. The molecule has 0 radical (unpaired) electrons. The van der Waals surface area contributed by atoms with Crippen LogP contribution in [0, 0.1) is 19.1 Å². The number of carbonyl (C=O) groups excluding carboxylic acids is 3. The van der Waals surface area contributed by atoms with Gasteiger partial charge in [0.15, 0.2) is 5.78 Å². The molecule has 7 nitrogen and oxygen atoms in total. The van der Waals surface area contributed by atoms with Crippen molar-refractivity contribution in [2.45, 2.75) is 20.4 Å². The molecule has 0 unspecified atom stereocenters. The fourth-order valence-corrected chi connectivity index (χ4v) is 3.28. The van der Waals surface area contributed by atoms with Crippen LogP contribution in [0.4, 0.5) is 0 Å². The molecule has 1 N–H and O–H groups in total. The average Bonchev–Trinajstić information content (AvgIpc) is 2.68. The third-order valence-corrected chi connectivity index (χ3v) is 4.86. The van der Waals surface area contributed by atoms with E-state index in [9.17, 15) is 19.6 Å². The molecule has 1 aromatic carbocycles. The van der Waals surface area contributed by atoms with Gasteiger partial charge in [-0.15, -0.1) is 0 Å². The van der Waals surface area contributed by atoms with E-state index < -0.39 is 17.5 Å². The highest BCUT2D eigenvalue weighted by Crippen LogP contribution is 2.27. The van der Waals surface area contributed by atoms with Crippen molar-refractivity contribution in [1.82, 2.24) is 5.32 Å². The van der Waals surface area contributed by atoms with E-state index in [0.29, 0.717) is 9.75 Å². The summed E-state index contributed by atoms with van der Waals surface area (Å²) in [6.07, 6.45) is 1.14. The van der Waals surface area contributed by atoms with Crippen molar-refractivity contribution >= 4 is 29.1 Å². The molecule has 1 aromatic heterocycles. The van der Waals surface area contributed by atoms with Crippen LogP contribution in [0.15, 0.2) is 36.0 Å². The van der Waals surface area contributed by atoms with Gasteiger partial charge in [0, 0.05) is 31.5 Å². The number of allylic oxidation sites excluding steroid dienone is 2. The number of benzene rings is 1. The van der Waals surface area contributed by atoms with Crippen LogP contribution in [0.25, 0.3) is 0 Å². The quantitative estimate of drug-likeness (QED) is 0.480. The van der Waals surface area contributed by atoms with Gasteiger partial charge < -0.3 is 15.3 Å². The van der Waals surface area contributed by atoms with Crippen molar-refractivity contribution < 1.29 is 23.9 Å². The Morgan fingerprint density at radius 1 is 1.14 bits per heavy atom. The standard InChI is InChI=1S/C20H17ClN2O5/c1-10-16-18(17(20(26)28-3)11(2)23(10)27)15(24)8-14(19(16)25)22-9-12-4-6-13(21)7-5-12/h4-8,22H,9H2,1-3H3. The molecule has 0 fully saturated rings. The summed E-state index contributed by atoms with van der Waals surface area (Å²) in [4.78, 5) is 37.9. The van der Waals surface area contributed by atoms with E-state index in [4.69, 9.17) is 16.3 Å². The zero-order chi connectivity index (χ0) is 20.6. The van der Waals surface area contributed by atoms with Crippen molar-refractivity contribution in [1.29, 1.82) is 0 Å². The lowest BCUT2D eigenvalue weighted by Crippen LogP contribution is -2.42. The molecule has 0 aliphatic heterocycles. The van der Waals surface area contributed by atoms with Crippen molar-refractivity contribution in [3.63, 3.8) is 0 Å². The molecule has 28 heavy (non-hydrogen) atoms. The lowest BCUT2D eigenvalue weighted by atomic mass is 9.87. The number of pyridine rings is 1.